The van der Waals surface area contributed by atoms with Gasteiger partial charge in [0.2, 0.25) is 10.0 Å². The van der Waals surface area contributed by atoms with Gasteiger partial charge in [-0.3, -0.25) is 4.98 Å². The van der Waals surface area contributed by atoms with Gasteiger partial charge in [0, 0.05) is 32.1 Å². The number of carbonyl (C=O) groups excluding carboxylic acids is 1. The van der Waals surface area contributed by atoms with Crippen molar-refractivity contribution in [3.8, 4) is 0 Å². The highest BCUT2D eigenvalue weighted by Crippen LogP contribution is 2.24. The van der Waals surface area contributed by atoms with E-state index in [1.807, 2.05) is 12.1 Å². The van der Waals surface area contributed by atoms with Crippen LogP contribution in [0.15, 0.2) is 24.5 Å². The van der Waals surface area contributed by atoms with E-state index >= 15 is 0 Å². The number of urea groups is 1. The molecule has 2 amide bonds. The van der Waals surface area contributed by atoms with E-state index in [1.54, 1.807) is 12.4 Å². The second kappa shape index (κ2) is 15.2. The van der Waals surface area contributed by atoms with Crippen molar-refractivity contribution >= 4 is 16.1 Å². The first-order valence-corrected chi connectivity index (χ1v) is 13.7. The maximum absolute atomic E-state index is 11.8. The number of primary sulfonamides is 1. The molecule has 0 saturated heterocycles. The van der Waals surface area contributed by atoms with Crippen LogP contribution < -0.4 is 15.8 Å². The van der Waals surface area contributed by atoms with Crippen LogP contribution in [0.1, 0.15) is 76.2 Å². The van der Waals surface area contributed by atoms with Crippen LogP contribution in [-0.2, 0) is 21.3 Å². The van der Waals surface area contributed by atoms with Crippen LogP contribution in [0.2, 0.25) is 0 Å². The molecule has 8 nitrogen and oxygen atoms in total. The zero-order valence-corrected chi connectivity index (χ0v) is 20.0. The van der Waals surface area contributed by atoms with Crippen molar-refractivity contribution in [2.24, 2.45) is 11.1 Å². The molecule has 1 aliphatic rings. The average Bonchev–Trinajstić information content (AvgIpc) is 2.78. The number of carbonyl (C=O) groups is 1. The van der Waals surface area contributed by atoms with Crippen molar-refractivity contribution < 1.29 is 17.9 Å². The molecule has 0 radical (unpaired) electrons. The Bertz CT molecular complexity index is 740. The number of aromatic nitrogens is 1. The molecule has 0 bridgehead atoms. The summed E-state index contributed by atoms with van der Waals surface area (Å²) >= 11 is 0. The summed E-state index contributed by atoms with van der Waals surface area (Å²) in [6.45, 7) is 1.74. The Morgan fingerprint density at radius 3 is 2.59 bits per heavy atom. The van der Waals surface area contributed by atoms with Crippen LogP contribution in [0.25, 0.3) is 0 Å². The Kier molecular flexibility index (Phi) is 12.6. The number of nitrogens with one attached hydrogen (secondary N) is 2. The molecule has 1 unspecified atom stereocenters. The summed E-state index contributed by atoms with van der Waals surface area (Å²) in [4.78, 5) is 15.8. The highest BCUT2D eigenvalue weighted by molar-refractivity contribution is 7.89. The summed E-state index contributed by atoms with van der Waals surface area (Å²) in [5, 5.41) is 10.9. The SMILES string of the molecule is NS(=O)(=O)CC(CCCCCCCNC(=O)NCc1cccnc1)OCC1CCCCC1. The fraction of sp³-hybridized carbons (Fsp3) is 0.739. The Hall–Kier alpha value is -1.71. The molecule has 1 fully saturated rings. The monoisotopic (exact) mass is 468 g/mol. The first-order valence-electron chi connectivity index (χ1n) is 11.9. The number of sulfonamides is 1. The van der Waals surface area contributed by atoms with Crippen LogP contribution in [0, 0.1) is 5.92 Å². The molecular formula is C23H40N4O4S. The van der Waals surface area contributed by atoms with Crippen molar-refractivity contribution in [2.75, 3.05) is 18.9 Å². The highest BCUT2D eigenvalue weighted by Gasteiger charge is 2.20. The van der Waals surface area contributed by atoms with Gasteiger partial charge in [-0.2, -0.15) is 0 Å². The predicted octanol–water partition coefficient (Wildman–Crippen LogP) is 3.48. The van der Waals surface area contributed by atoms with E-state index in [4.69, 9.17) is 9.88 Å². The molecule has 32 heavy (non-hydrogen) atoms. The van der Waals surface area contributed by atoms with E-state index in [0.29, 0.717) is 25.6 Å². The Labute approximate surface area is 193 Å². The van der Waals surface area contributed by atoms with Crippen LogP contribution in [0.4, 0.5) is 4.79 Å². The molecule has 182 valence electrons. The van der Waals surface area contributed by atoms with Gasteiger partial charge in [-0.25, -0.2) is 18.4 Å². The van der Waals surface area contributed by atoms with Crippen molar-refractivity contribution in [1.29, 1.82) is 0 Å². The quantitative estimate of drug-likeness (QED) is 0.340. The molecule has 9 heteroatoms. The third-order valence-corrected chi connectivity index (χ3v) is 6.71. The maximum Gasteiger partial charge on any atom is 0.315 e. The fourth-order valence-corrected chi connectivity index (χ4v) is 4.86. The molecule has 0 spiro atoms. The van der Waals surface area contributed by atoms with Gasteiger partial charge >= 0.3 is 6.03 Å². The molecule has 4 N–H and O–H groups in total. The van der Waals surface area contributed by atoms with Gasteiger partial charge in [0.1, 0.15) is 0 Å². The normalized spacial score (nSPS) is 15.9. The number of unbranched alkanes of at least 4 members (excludes halogenated alkanes) is 4. The summed E-state index contributed by atoms with van der Waals surface area (Å²) in [6, 6.07) is 3.59. The van der Waals surface area contributed by atoms with Crippen LogP contribution in [0.5, 0.6) is 0 Å². The first-order chi connectivity index (χ1) is 15.4. The van der Waals surface area contributed by atoms with E-state index in [2.05, 4.69) is 15.6 Å². The number of nitrogens with zero attached hydrogens (tertiary/aromatic N) is 1. The minimum atomic E-state index is -3.54. The van der Waals surface area contributed by atoms with Crippen molar-refractivity contribution in [3.63, 3.8) is 0 Å². The highest BCUT2D eigenvalue weighted by atomic mass is 32.2. The van der Waals surface area contributed by atoms with E-state index in [1.165, 1.54) is 32.1 Å². The summed E-state index contributed by atoms with van der Waals surface area (Å²) in [7, 11) is -3.54. The van der Waals surface area contributed by atoms with Gasteiger partial charge in [0.15, 0.2) is 0 Å². The van der Waals surface area contributed by atoms with Crippen molar-refractivity contribution in [1.82, 2.24) is 15.6 Å². The summed E-state index contributed by atoms with van der Waals surface area (Å²) < 4.78 is 29.0. The van der Waals surface area contributed by atoms with E-state index in [9.17, 15) is 13.2 Å². The van der Waals surface area contributed by atoms with Gasteiger partial charge in [0.05, 0.1) is 11.9 Å². The van der Waals surface area contributed by atoms with Gasteiger partial charge in [-0.1, -0.05) is 51.0 Å². The number of rotatable bonds is 15. The number of pyridine rings is 1. The second-order valence-corrected chi connectivity index (χ2v) is 10.5. The molecule has 1 aromatic rings. The standard InChI is InChI=1S/C23H40N4O4S/c24-32(29,30)19-22(31-18-20-10-5-4-6-11-20)13-7-2-1-3-8-15-26-23(28)27-17-21-12-9-14-25-16-21/h9,12,14,16,20,22H,1-8,10-11,13,15,17-19H2,(H2,24,29,30)(H2,26,27,28). The predicted molar refractivity (Wildman–Crippen MR) is 126 cm³/mol. The van der Waals surface area contributed by atoms with Crippen LogP contribution in [0.3, 0.4) is 0 Å². The minimum Gasteiger partial charge on any atom is -0.377 e. The zero-order chi connectivity index (χ0) is 23.1. The molecular weight excluding hydrogens is 428 g/mol. The zero-order valence-electron chi connectivity index (χ0n) is 19.1. The molecule has 0 aliphatic heterocycles. The van der Waals surface area contributed by atoms with Gasteiger partial charge in [-0.05, 0) is 43.2 Å². The van der Waals surface area contributed by atoms with Gasteiger partial charge in [0.25, 0.3) is 0 Å². The summed E-state index contributed by atoms with van der Waals surface area (Å²) in [6.07, 6.45) is 14.9. The smallest absolute Gasteiger partial charge is 0.315 e. The number of amides is 2. The first kappa shape index (κ1) is 26.5. The molecule has 1 aromatic heterocycles. The van der Waals surface area contributed by atoms with E-state index in [-0.39, 0.29) is 17.9 Å². The third kappa shape index (κ3) is 13.0. The molecule has 1 saturated carbocycles. The van der Waals surface area contributed by atoms with Crippen LogP contribution in [-0.4, -0.2) is 44.4 Å². The third-order valence-electron chi connectivity index (χ3n) is 5.87. The van der Waals surface area contributed by atoms with Crippen LogP contribution >= 0.6 is 0 Å². The lowest BCUT2D eigenvalue weighted by molar-refractivity contribution is 0.0271. The molecule has 1 aliphatic carbocycles. The van der Waals surface area contributed by atoms with Gasteiger partial charge in [-0.15, -0.1) is 0 Å². The topological polar surface area (TPSA) is 123 Å². The molecule has 1 atom stereocenters. The number of ether oxygens (including phenoxy) is 1. The fourth-order valence-electron chi connectivity index (χ4n) is 4.08. The summed E-state index contributed by atoms with van der Waals surface area (Å²) in [5.41, 5.74) is 0.964. The largest absolute Gasteiger partial charge is 0.377 e. The summed E-state index contributed by atoms with van der Waals surface area (Å²) in [5.74, 6) is 0.457. The molecule has 2 rings (SSSR count). The van der Waals surface area contributed by atoms with E-state index in [0.717, 1.165) is 44.1 Å². The van der Waals surface area contributed by atoms with Gasteiger partial charge < -0.3 is 15.4 Å². The lowest BCUT2D eigenvalue weighted by atomic mass is 9.90. The Morgan fingerprint density at radius 2 is 1.88 bits per heavy atom. The molecule has 1 heterocycles. The minimum absolute atomic E-state index is 0.0994. The number of nitrogens with two attached hydrogens (primary N) is 1. The number of hydrogen-bond donors (Lipinski definition) is 3. The Morgan fingerprint density at radius 1 is 1.12 bits per heavy atom. The Balaban J connectivity index is 1.50. The molecule has 0 aromatic carbocycles. The van der Waals surface area contributed by atoms with Crippen molar-refractivity contribution in [3.05, 3.63) is 30.1 Å². The lowest BCUT2D eigenvalue weighted by Gasteiger charge is -2.24. The second-order valence-electron chi connectivity index (χ2n) is 8.82. The van der Waals surface area contributed by atoms with E-state index < -0.39 is 10.0 Å². The average molecular weight is 469 g/mol. The maximum atomic E-state index is 11.8. The van der Waals surface area contributed by atoms with Crippen molar-refractivity contribution in [2.45, 2.75) is 83.3 Å². The number of hydrogen-bond acceptors (Lipinski definition) is 5. The lowest BCUT2D eigenvalue weighted by Crippen LogP contribution is -2.35.